The van der Waals surface area contributed by atoms with Crippen LogP contribution in [0.1, 0.15) is 0 Å². The second kappa shape index (κ2) is 19.3. The molecule has 0 unspecified atom stereocenters. The van der Waals surface area contributed by atoms with E-state index in [1.165, 1.54) is 47.2 Å². The van der Waals surface area contributed by atoms with Crippen molar-refractivity contribution in [2.75, 3.05) is 0 Å². The first-order valence-electron chi connectivity index (χ1n) is 32.2. The molecule has 0 radical (unpaired) electrons. The smallest absolute Gasteiger partial charge is 0.156 e. The molecule has 96 heavy (non-hydrogen) atoms. The molecule has 12 heteroatoms. The molecule has 22 rings (SSSR count). The van der Waals surface area contributed by atoms with Gasteiger partial charge in [-0.2, -0.15) is 0 Å². The van der Waals surface area contributed by atoms with Gasteiger partial charge in [0.15, 0.2) is 17.2 Å². The molecule has 0 atom stereocenters. The molecule has 0 fully saturated rings. The summed E-state index contributed by atoms with van der Waals surface area (Å²) < 4.78 is 22.9. The van der Waals surface area contributed by atoms with Crippen LogP contribution in [0.2, 0.25) is 0 Å². The number of imidazole rings is 2. The summed E-state index contributed by atoms with van der Waals surface area (Å²) in [6, 6.07) is 92.3. The van der Waals surface area contributed by atoms with E-state index in [-0.39, 0.29) is 0 Å². The number of aromatic nitrogens is 10. The molecule has 12 heterocycles. The van der Waals surface area contributed by atoms with E-state index in [9.17, 15) is 0 Å². The van der Waals surface area contributed by atoms with Gasteiger partial charge in [-0.25, -0.2) is 9.97 Å². The number of fused-ring (bicyclic) bond motifs is 20. The molecule has 0 amide bonds. The van der Waals surface area contributed by atoms with Crippen LogP contribution in [0, 0.1) is 0 Å². The normalized spacial score (nSPS) is 12.4. The number of furan rings is 1. The third kappa shape index (κ3) is 7.35. The van der Waals surface area contributed by atoms with Crippen LogP contribution < -0.4 is 0 Å². The highest BCUT2D eigenvalue weighted by Crippen LogP contribution is 2.45. The van der Waals surface area contributed by atoms with Crippen molar-refractivity contribution in [1.82, 2.24) is 47.0 Å². The fourth-order valence-electron chi connectivity index (χ4n) is 15.7. The van der Waals surface area contributed by atoms with Gasteiger partial charge in [-0.05, 0) is 179 Å². The van der Waals surface area contributed by atoms with Crippen LogP contribution in [0.5, 0.6) is 0 Å². The number of thiophene rings is 1. The molecule has 0 aliphatic heterocycles. The molecule has 22 aromatic rings. The lowest BCUT2D eigenvalue weighted by atomic mass is 10.0. The Bertz CT molecular complexity index is 7090. The monoisotopic (exact) mass is 1240 g/mol. The molecular weight excluding hydrogens is 1200 g/mol. The summed E-state index contributed by atoms with van der Waals surface area (Å²) >= 11 is 1.79. The molecule has 12 aromatic heterocycles. The summed E-state index contributed by atoms with van der Waals surface area (Å²) in [4.78, 5) is 20.3. The summed E-state index contributed by atoms with van der Waals surface area (Å²) in [6.07, 6.45) is 12.2. The summed E-state index contributed by atoms with van der Waals surface area (Å²) in [5, 5.41) is 11.6. The van der Waals surface area contributed by atoms with E-state index in [0.29, 0.717) is 0 Å². The van der Waals surface area contributed by atoms with Gasteiger partial charge in [0.2, 0.25) is 0 Å². The molecule has 0 spiro atoms. The second-order valence-electron chi connectivity index (χ2n) is 25.1. The quantitative estimate of drug-likeness (QED) is 0.158. The predicted octanol–water partition coefficient (Wildman–Crippen LogP) is 21.4. The zero-order valence-corrected chi connectivity index (χ0v) is 51.8. The Morgan fingerprint density at radius 3 is 1.39 bits per heavy atom. The van der Waals surface area contributed by atoms with Gasteiger partial charge in [0.25, 0.3) is 0 Å². The maximum atomic E-state index is 6.83. The van der Waals surface area contributed by atoms with Gasteiger partial charge < -0.3 is 22.4 Å². The van der Waals surface area contributed by atoms with Gasteiger partial charge in [-0.15, -0.1) is 11.3 Å². The molecule has 0 bridgehead atoms. The van der Waals surface area contributed by atoms with Gasteiger partial charge in [0.05, 0.1) is 66.7 Å². The van der Waals surface area contributed by atoms with Gasteiger partial charge in [0, 0.05) is 100 Å². The SMILES string of the molecule is c1cnc2c(c1)oc1c(-c3ccn4cc(-n5c6ccccc6c6cc(-c7ccc8c(c7)c7ccccc7n8-c7ccc8sc9cccnc9c8c7)ccc65)nc4c3)cc(-n3c4ccccc4c4cc(-c5ccc6c(c5)c5ccccc5n6-c5cn6ccccc6n5)ccc43)cc12. The topological polar surface area (TPSA) is 93.2 Å². The highest BCUT2D eigenvalue weighted by Gasteiger charge is 2.24. The van der Waals surface area contributed by atoms with Gasteiger partial charge in [0.1, 0.15) is 22.4 Å². The largest absolute Gasteiger partial charge is 0.454 e. The number of rotatable bonds is 7. The minimum absolute atomic E-state index is 0.734. The Hall–Kier alpha value is -12.9. The van der Waals surface area contributed by atoms with Crippen molar-refractivity contribution >= 4 is 152 Å². The fraction of sp³-hybridized carbons (Fsp3) is 0. The predicted molar refractivity (Wildman–Crippen MR) is 393 cm³/mol. The maximum Gasteiger partial charge on any atom is 0.156 e. The standard InChI is InChI=1S/C84H48N10OS/c1-5-17-67-56(13-1)61-39-49(24-29-71(61)91(67)54-28-33-76-65(44-54)83-77(96-76)22-12-36-86-83)51-27-32-74-64(42-51)59-16-4-8-20-70(59)94(74)81-48-90-38-34-53(43-79(90)88-81)60-45-55(46-66-82-75(95-84(60)66)21-11-35-85-82)92-68-18-6-2-14-57(68)62-40-50(25-30-72(62)92)52-26-31-73-63(41-52)58-15-3-7-19-69(58)93(73)80-47-89-37-10-9-23-78(89)87-80/h1-48H. The number of nitrogens with zero attached hydrogens (tertiary/aromatic N) is 10. The van der Waals surface area contributed by atoms with E-state index in [2.05, 4.69) is 264 Å². The minimum atomic E-state index is 0.734. The van der Waals surface area contributed by atoms with Crippen LogP contribution in [-0.2, 0) is 0 Å². The molecule has 0 N–H and O–H groups in total. The lowest BCUT2D eigenvalue weighted by Gasteiger charge is -2.12. The zero-order valence-electron chi connectivity index (χ0n) is 51.0. The van der Waals surface area contributed by atoms with Crippen LogP contribution in [0.15, 0.2) is 296 Å². The van der Waals surface area contributed by atoms with E-state index in [0.717, 1.165) is 150 Å². The highest BCUT2D eigenvalue weighted by atomic mass is 32.1. The van der Waals surface area contributed by atoms with Crippen LogP contribution in [-0.4, -0.2) is 47.0 Å². The average molecular weight is 1250 g/mol. The third-order valence-electron chi connectivity index (χ3n) is 20.0. The average Bonchev–Trinajstić information content (AvgIpc) is 1.62. The van der Waals surface area contributed by atoms with Crippen molar-refractivity contribution in [3.05, 3.63) is 292 Å². The number of benzene rings is 10. The number of pyridine rings is 4. The molecule has 0 saturated heterocycles. The van der Waals surface area contributed by atoms with Crippen molar-refractivity contribution in [2.45, 2.75) is 0 Å². The van der Waals surface area contributed by atoms with Gasteiger partial charge in [-0.3, -0.25) is 19.1 Å². The Labute approximate surface area is 548 Å². The summed E-state index contributed by atoms with van der Waals surface area (Å²) in [6.45, 7) is 0. The molecule has 446 valence electrons. The first-order valence-corrected chi connectivity index (χ1v) is 33.0. The molecule has 10 aromatic carbocycles. The molecule has 0 saturated carbocycles. The summed E-state index contributed by atoms with van der Waals surface area (Å²) in [5.41, 5.74) is 22.7. The highest BCUT2D eigenvalue weighted by molar-refractivity contribution is 7.25. The third-order valence-corrected chi connectivity index (χ3v) is 21.1. The van der Waals surface area contributed by atoms with Crippen molar-refractivity contribution in [3.63, 3.8) is 0 Å². The zero-order chi connectivity index (χ0) is 62.4. The summed E-state index contributed by atoms with van der Waals surface area (Å²) in [5.74, 6) is 1.72. The Morgan fingerprint density at radius 2 is 0.792 bits per heavy atom. The van der Waals surface area contributed by atoms with Crippen LogP contribution >= 0.6 is 11.3 Å². The Balaban J connectivity index is 0.647. The summed E-state index contributed by atoms with van der Waals surface area (Å²) in [7, 11) is 0. The van der Waals surface area contributed by atoms with E-state index in [1.807, 2.05) is 55.0 Å². The van der Waals surface area contributed by atoms with Gasteiger partial charge >= 0.3 is 0 Å². The van der Waals surface area contributed by atoms with Crippen molar-refractivity contribution in [2.24, 2.45) is 0 Å². The van der Waals surface area contributed by atoms with E-state index in [1.54, 1.807) is 11.3 Å². The molecule has 0 aliphatic carbocycles. The van der Waals surface area contributed by atoms with Crippen molar-refractivity contribution in [1.29, 1.82) is 0 Å². The number of hydrogen-bond donors (Lipinski definition) is 0. The maximum absolute atomic E-state index is 6.83. The number of para-hydroxylation sites is 4. The minimum Gasteiger partial charge on any atom is -0.454 e. The van der Waals surface area contributed by atoms with E-state index >= 15 is 0 Å². The molecular formula is C84H48N10OS. The van der Waals surface area contributed by atoms with Gasteiger partial charge in [-0.1, -0.05) is 103 Å². The Morgan fingerprint density at radius 1 is 0.302 bits per heavy atom. The van der Waals surface area contributed by atoms with Crippen LogP contribution in [0.25, 0.3) is 197 Å². The van der Waals surface area contributed by atoms with Crippen molar-refractivity contribution in [3.8, 4) is 56.4 Å². The Kier molecular flexibility index (Phi) is 10.4. The van der Waals surface area contributed by atoms with Crippen LogP contribution in [0.4, 0.5) is 0 Å². The van der Waals surface area contributed by atoms with Crippen molar-refractivity contribution < 1.29 is 4.42 Å². The van der Waals surface area contributed by atoms with E-state index < -0.39 is 0 Å². The van der Waals surface area contributed by atoms with Crippen LogP contribution in [0.3, 0.4) is 0 Å². The second-order valence-corrected chi connectivity index (χ2v) is 26.2. The lowest BCUT2D eigenvalue weighted by molar-refractivity contribution is 0.669. The van der Waals surface area contributed by atoms with E-state index in [4.69, 9.17) is 24.4 Å². The fourth-order valence-corrected chi connectivity index (χ4v) is 16.7. The number of hydrogen-bond acceptors (Lipinski definition) is 6. The first-order chi connectivity index (χ1) is 47.5. The molecule has 0 aliphatic rings. The molecule has 11 nitrogen and oxygen atoms in total. The first kappa shape index (κ1) is 51.7. The lowest BCUT2D eigenvalue weighted by Crippen LogP contribution is -1.95.